The van der Waals surface area contributed by atoms with Crippen LogP contribution >= 0.6 is 0 Å². The Morgan fingerprint density at radius 3 is 2.27 bits per heavy atom. The number of pyridine rings is 1. The van der Waals surface area contributed by atoms with E-state index in [9.17, 15) is 19.8 Å². The molecule has 3 rings (SSSR count). The lowest BCUT2D eigenvalue weighted by Crippen LogP contribution is -3.00. The van der Waals surface area contributed by atoms with Gasteiger partial charge < -0.3 is 58.0 Å². The fraction of sp³-hybridized carbons (Fsp3) is 0.167. The average molecular weight is 674 g/mol. The number of hydrogen-bond acceptors (Lipinski definition) is 9. The molecule has 0 fully saturated rings. The molecular formula is C30H31IN2O8. The highest BCUT2D eigenvalue weighted by Gasteiger charge is 2.14. The second-order valence-electron chi connectivity index (χ2n) is 8.58. The van der Waals surface area contributed by atoms with Gasteiger partial charge in [0.15, 0.2) is 41.2 Å². The number of hydrogen-bond donors (Lipinski definition) is 2. The van der Waals surface area contributed by atoms with E-state index in [0.717, 1.165) is 11.8 Å². The Hall–Kier alpha value is -4.52. The van der Waals surface area contributed by atoms with Crippen LogP contribution in [0.2, 0.25) is 0 Å². The molecule has 216 valence electrons. The van der Waals surface area contributed by atoms with Gasteiger partial charge in [-0.2, -0.15) is 4.57 Å². The fourth-order valence-electron chi connectivity index (χ4n) is 3.37. The van der Waals surface area contributed by atoms with Crippen molar-refractivity contribution >= 4 is 29.8 Å². The second kappa shape index (κ2) is 15.9. The Morgan fingerprint density at radius 1 is 0.927 bits per heavy atom. The minimum Gasteiger partial charge on any atom is -1.00 e. The van der Waals surface area contributed by atoms with E-state index >= 15 is 0 Å². The van der Waals surface area contributed by atoms with Crippen molar-refractivity contribution in [2.75, 3.05) is 33.2 Å². The molecule has 1 aromatic heterocycles. The third-order valence-corrected chi connectivity index (χ3v) is 5.45. The number of aromatic hydroxyl groups is 1. The van der Waals surface area contributed by atoms with Gasteiger partial charge in [-0.25, -0.2) is 4.79 Å². The number of phenolic OH excluding ortho intramolecular Hbond substituents is 1. The molecule has 10 nitrogen and oxygen atoms in total. The summed E-state index contributed by atoms with van der Waals surface area (Å²) in [7, 11) is 6.67. The number of ketones is 1. The van der Waals surface area contributed by atoms with Crippen LogP contribution in [-0.2, 0) is 16.3 Å². The lowest BCUT2D eigenvalue weighted by Gasteiger charge is -2.11. The molecule has 3 aromatic rings. The van der Waals surface area contributed by atoms with E-state index in [-0.39, 0.29) is 53.7 Å². The van der Waals surface area contributed by atoms with Crippen molar-refractivity contribution < 1.29 is 67.3 Å². The second-order valence-corrected chi connectivity index (χ2v) is 8.58. The van der Waals surface area contributed by atoms with E-state index in [4.69, 9.17) is 18.9 Å². The Kier molecular flexibility index (Phi) is 12.7. The zero-order valence-corrected chi connectivity index (χ0v) is 25.1. The van der Waals surface area contributed by atoms with Gasteiger partial charge in [0.05, 0.1) is 14.2 Å². The molecule has 0 saturated carbocycles. The van der Waals surface area contributed by atoms with Crippen molar-refractivity contribution in [3.05, 3.63) is 96.0 Å². The van der Waals surface area contributed by atoms with Crippen molar-refractivity contribution in [3.8, 4) is 23.0 Å². The first-order valence-corrected chi connectivity index (χ1v) is 12.1. The SMILES string of the molecule is COc1cc(C=CC(O)=CC(=O)C=Cc2ccc(OC(=O)OC[n+]3cccc(N(C)C)c3)c(OC)c2)ccc1O.[I-]. The number of aliphatic hydroxyl groups is 1. The quantitative estimate of drug-likeness (QED) is 0.0596. The molecule has 1 heterocycles. The van der Waals surface area contributed by atoms with E-state index in [0.29, 0.717) is 16.9 Å². The number of carbonyl (C=O) groups excluding carboxylic acids is 2. The largest absolute Gasteiger partial charge is 1.00 e. The number of aromatic nitrogens is 1. The Bertz CT molecular complexity index is 1450. The zero-order valence-electron chi connectivity index (χ0n) is 23.0. The number of methoxy groups -OCH3 is 2. The number of phenols is 1. The average Bonchev–Trinajstić information content (AvgIpc) is 2.95. The predicted octanol–water partition coefficient (Wildman–Crippen LogP) is 1.68. The third kappa shape index (κ3) is 10.2. The Balaban J connectivity index is 0.00000588. The van der Waals surface area contributed by atoms with Crippen LogP contribution in [0, 0.1) is 0 Å². The van der Waals surface area contributed by atoms with Gasteiger partial charge in [0.2, 0.25) is 0 Å². The number of aliphatic hydroxyl groups excluding tert-OH is 1. The lowest BCUT2D eigenvalue weighted by molar-refractivity contribution is -0.727. The molecule has 0 radical (unpaired) electrons. The van der Waals surface area contributed by atoms with Crippen LogP contribution in [0.5, 0.6) is 23.0 Å². The molecule has 0 aliphatic rings. The van der Waals surface area contributed by atoms with Gasteiger partial charge in [0, 0.05) is 26.2 Å². The highest BCUT2D eigenvalue weighted by atomic mass is 127. The molecule has 41 heavy (non-hydrogen) atoms. The standard InChI is InChI=1S/C30H30N2O8.HI/c1-31(2)23-6-5-15-32(19-23)20-39-30(36)40-27-14-10-22(17-29(27)38-4)8-12-25(34)18-24(33)11-7-21-9-13-26(35)28(16-21)37-3;/h5-19H,20H2,1-4H3,(H-,33,34,35);1H. The summed E-state index contributed by atoms with van der Waals surface area (Å²) in [5.41, 5.74) is 2.20. The summed E-state index contributed by atoms with van der Waals surface area (Å²) in [4.78, 5) is 26.4. The number of anilines is 1. The van der Waals surface area contributed by atoms with E-state index in [1.165, 1.54) is 44.6 Å². The van der Waals surface area contributed by atoms with Crippen molar-refractivity contribution in [3.63, 3.8) is 0 Å². The molecule has 0 amide bonds. The van der Waals surface area contributed by atoms with Gasteiger partial charge in [-0.1, -0.05) is 24.3 Å². The first-order valence-electron chi connectivity index (χ1n) is 12.1. The van der Waals surface area contributed by atoms with Gasteiger partial charge in [-0.05, 0) is 53.6 Å². The maximum atomic E-state index is 12.3. The molecular weight excluding hydrogens is 643 g/mol. The molecule has 0 aliphatic heterocycles. The third-order valence-electron chi connectivity index (χ3n) is 5.45. The lowest BCUT2D eigenvalue weighted by atomic mass is 10.1. The van der Waals surface area contributed by atoms with E-state index in [1.54, 1.807) is 41.1 Å². The monoisotopic (exact) mass is 674 g/mol. The maximum absolute atomic E-state index is 12.3. The predicted molar refractivity (Wildman–Crippen MR) is 150 cm³/mol. The molecule has 2 N–H and O–H groups in total. The molecule has 0 saturated heterocycles. The van der Waals surface area contributed by atoms with Gasteiger partial charge in [0.1, 0.15) is 11.4 Å². The molecule has 11 heteroatoms. The summed E-state index contributed by atoms with van der Waals surface area (Å²) < 4.78 is 22.5. The number of benzene rings is 2. The number of nitrogens with zero attached hydrogens (tertiary/aromatic N) is 2. The van der Waals surface area contributed by atoms with Crippen LogP contribution in [0.25, 0.3) is 12.2 Å². The summed E-state index contributed by atoms with van der Waals surface area (Å²) in [6.45, 7) is -0.0373. The fourth-order valence-corrected chi connectivity index (χ4v) is 3.37. The maximum Gasteiger partial charge on any atom is 0.518 e. The minimum atomic E-state index is -0.904. The van der Waals surface area contributed by atoms with Gasteiger partial charge in [0.25, 0.3) is 6.73 Å². The van der Waals surface area contributed by atoms with E-state index < -0.39 is 11.9 Å². The summed E-state index contributed by atoms with van der Waals surface area (Å²) in [5, 5.41) is 19.7. The molecule has 0 spiro atoms. The van der Waals surface area contributed by atoms with Crippen molar-refractivity contribution in [1.29, 1.82) is 0 Å². The highest BCUT2D eigenvalue weighted by molar-refractivity contribution is 6.02. The molecule has 2 aromatic carbocycles. The number of carbonyl (C=O) groups is 2. The van der Waals surface area contributed by atoms with Crippen LogP contribution in [0.1, 0.15) is 11.1 Å². The van der Waals surface area contributed by atoms with Gasteiger partial charge in [-0.3, -0.25) is 4.79 Å². The topological polar surface area (TPSA) is 119 Å². The van der Waals surface area contributed by atoms with Crippen LogP contribution < -0.4 is 47.7 Å². The van der Waals surface area contributed by atoms with Crippen molar-refractivity contribution in [1.82, 2.24) is 0 Å². The Labute approximate surface area is 255 Å². The highest BCUT2D eigenvalue weighted by Crippen LogP contribution is 2.29. The van der Waals surface area contributed by atoms with Crippen LogP contribution in [0.3, 0.4) is 0 Å². The molecule has 0 atom stereocenters. The number of allylic oxidation sites excluding steroid dienone is 3. The molecule has 0 bridgehead atoms. The van der Waals surface area contributed by atoms with Gasteiger partial charge in [-0.15, -0.1) is 0 Å². The zero-order chi connectivity index (χ0) is 29.1. The summed E-state index contributed by atoms with van der Waals surface area (Å²) in [6, 6.07) is 13.2. The van der Waals surface area contributed by atoms with Crippen LogP contribution in [0.4, 0.5) is 10.5 Å². The summed E-state index contributed by atoms with van der Waals surface area (Å²) in [5.74, 6) is -0.0107. The minimum absolute atomic E-state index is 0. The van der Waals surface area contributed by atoms with Gasteiger partial charge >= 0.3 is 6.16 Å². The van der Waals surface area contributed by atoms with Crippen molar-refractivity contribution in [2.45, 2.75) is 6.73 Å². The van der Waals surface area contributed by atoms with Crippen LogP contribution in [-0.4, -0.2) is 50.5 Å². The summed E-state index contributed by atoms with van der Waals surface area (Å²) >= 11 is 0. The molecule has 0 aliphatic carbocycles. The first-order chi connectivity index (χ1) is 19.2. The number of ether oxygens (including phenoxy) is 4. The number of halogens is 1. The van der Waals surface area contributed by atoms with E-state index in [1.807, 2.05) is 37.3 Å². The van der Waals surface area contributed by atoms with E-state index in [2.05, 4.69) is 0 Å². The smallest absolute Gasteiger partial charge is 0.518 e. The normalized spacial score (nSPS) is 11.2. The Morgan fingerprint density at radius 2 is 1.59 bits per heavy atom. The van der Waals surface area contributed by atoms with Crippen LogP contribution in [0.15, 0.2) is 84.9 Å². The molecule has 0 unspecified atom stereocenters. The van der Waals surface area contributed by atoms with Crippen molar-refractivity contribution in [2.24, 2.45) is 0 Å². The number of rotatable bonds is 11. The first kappa shape index (κ1) is 32.7. The summed E-state index contributed by atoms with van der Waals surface area (Å²) in [6.07, 6.45) is 9.47.